The summed E-state index contributed by atoms with van der Waals surface area (Å²) in [5, 5.41) is 10.2. The van der Waals surface area contributed by atoms with Crippen LogP contribution in [0.2, 0.25) is 25.1 Å². The lowest BCUT2D eigenvalue weighted by atomic mass is 9.99. The largest absolute Gasteiger partial charge is 0.478 e. The molecule has 0 radical (unpaired) electrons. The highest BCUT2D eigenvalue weighted by Gasteiger charge is 2.21. The van der Waals surface area contributed by atoms with Crippen molar-refractivity contribution in [1.29, 1.82) is 0 Å². The van der Waals surface area contributed by atoms with E-state index in [-0.39, 0.29) is 36.8 Å². The molecule has 0 unspecified atom stereocenters. The van der Waals surface area contributed by atoms with Crippen molar-refractivity contribution in [1.82, 2.24) is 0 Å². The van der Waals surface area contributed by atoms with Gasteiger partial charge < -0.3 is 5.11 Å². The summed E-state index contributed by atoms with van der Waals surface area (Å²) in [6, 6.07) is 5.66. The Balaban J connectivity index is 2.88. The zero-order chi connectivity index (χ0) is 15.0. The average molecular weight is 370 g/mol. The van der Waals surface area contributed by atoms with Crippen molar-refractivity contribution in [2.24, 2.45) is 0 Å². The summed E-state index contributed by atoms with van der Waals surface area (Å²) >= 11 is 30.1. The molecule has 2 aromatic carbocycles. The molecule has 0 atom stereocenters. The van der Waals surface area contributed by atoms with E-state index in [9.17, 15) is 9.90 Å². The summed E-state index contributed by atoms with van der Waals surface area (Å²) in [6.45, 7) is 0. The van der Waals surface area contributed by atoms with Crippen LogP contribution in [-0.2, 0) is 0 Å². The smallest absolute Gasteiger partial charge is 0.336 e. The van der Waals surface area contributed by atoms with Crippen molar-refractivity contribution in [3.05, 3.63) is 54.9 Å². The average Bonchev–Trinajstić information content (AvgIpc) is 2.36. The number of hydrogen-bond acceptors (Lipinski definition) is 1. The summed E-state index contributed by atoms with van der Waals surface area (Å²) < 4.78 is 0. The second-order valence-corrected chi connectivity index (χ2v) is 5.85. The van der Waals surface area contributed by atoms with Gasteiger partial charge in [0.05, 0.1) is 25.7 Å². The van der Waals surface area contributed by atoms with Gasteiger partial charge in [0, 0.05) is 16.1 Å². The molecule has 0 heterocycles. The van der Waals surface area contributed by atoms with Crippen LogP contribution in [0.3, 0.4) is 0 Å². The van der Waals surface area contributed by atoms with E-state index in [1.165, 1.54) is 24.3 Å². The summed E-state index contributed by atoms with van der Waals surface area (Å²) in [7, 11) is 0. The van der Waals surface area contributed by atoms with Crippen molar-refractivity contribution >= 4 is 64.0 Å². The molecule has 1 N–H and O–H groups in total. The monoisotopic (exact) mass is 368 g/mol. The lowest BCUT2D eigenvalue weighted by Gasteiger charge is -2.13. The van der Waals surface area contributed by atoms with Gasteiger partial charge in [-0.25, -0.2) is 4.79 Å². The fraction of sp³-hybridized carbons (Fsp3) is 0. The number of aromatic carboxylic acids is 1. The molecule has 7 heteroatoms. The van der Waals surface area contributed by atoms with Gasteiger partial charge in [-0.3, -0.25) is 0 Å². The Hall–Kier alpha value is -0.640. The molecular formula is C13H5Cl5O2. The van der Waals surface area contributed by atoms with E-state index in [1.807, 2.05) is 0 Å². The van der Waals surface area contributed by atoms with Crippen LogP contribution >= 0.6 is 58.0 Å². The van der Waals surface area contributed by atoms with Crippen molar-refractivity contribution in [2.75, 3.05) is 0 Å². The zero-order valence-electron chi connectivity index (χ0n) is 9.55. The van der Waals surface area contributed by atoms with Crippen LogP contribution in [-0.4, -0.2) is 11.1 Å². The first-order valence-electron chi connectivity index (χ1n) is 5.19. The number of rotatable bonds is 2. The van der Waals surface area contributed by atoms with Crippen LogP contribution in [0.15, 0.2) is 24.3 Å². The van der Waals surface area contributed by atoms with Gasteiger partial charge in [-0.15, -0.1) is 0 Å². The molecule has 0 aromatic heterocycles. The van der Waals surface area contributed by atoms with Gasteiger partial charge >= 0.3 is 5.97 Å². The minimum absolute atomic E-state index is 0.00321. The molecule has 0 bridgehead atoms. The maximum atomic E-state index is 11.3. The van der Waals surface area contributed by atoms with Gasteiger partial charge in [0.15, 0.2) is 0 Å². The van der Waals surface area contributed by atoms with E-state index in [4.69, 9.17) is 58.0 Å². The Morgan fingerprint density at radius 1 is 0.900 bits per heavy atom. The zero-order valence-corrected chi connectivity index (χ0v) is 13.3. The second kappa shape index (κ2) is 6.00. The predicted molar refractivity (Wildman–Crippen MR) is 83.9 cm³/mol. The van der Waals surface area contributed by atoms with E-state index < -0.39 is 5.97 Å². The molecule has 0 saturated carbocycles. The van der Waals surface area contributed by atoms with Gasteiger partial charge in [0.2, 0.25) is 0 Å². The predicted octanol–water partition coefficient (Wildman–Crippen LogP) is 6.32. The Morgan fingerprint density at radius 2 is 1.45 bits per heavy atom. The van der Waals surface area contributed by atoms with Gasteiger partial charge in [0.25, 0.3) is 0 Å². The Morgan fingerprint density at radius 3 is 1.95 bits per heavy atom. The highest BCUT2D eigenvalue weighted by atomic mass is 35.5. The Bertz CT molecular complexity index is 686. The maximum absolute atomic E-state index is 11.3. The minimum Gasteiger partial charge on any atom is -0.478 e. The molecule has 0 aliphatic carbocycles. The third-order valence-corrected chi connectivity index (χ3v) is 4.40. The molecule has 0 aliphatic rings. The quantitative estimate of drug-likeness (QED) is 0.628. The van der Waals surface area contributed by atoms with E-state index in [1.54, 1.807) is 0 Å². The summed E-state index contributed by atoms with van der Waals surface area (Å²) in [4.78, 5) is 11.3. The van der Waals surface area contributed by atoms with E-state index >= 15 is 0 Å². The lowest BCUT2D eigenvalue weighted by Crippen LogP contribution is -2.00. The number of carboxylic acids is 1. The highest BCUT2D eigenvalue weighted by Crippen LogP contribution is 2.44. The summed E-state index contributed by atoms with van der Waals surface area (Å²) in [6.07, 6.45) is 0. The van der Waals surface area contributed by atoms with E-state index in [0.29, 0.717) is 5.02 Å². The lowest BCUT2D eigenvalue weighted by molar-refractivity contribution is 0.0698. The third-order valence-electron chi connectivity index (χ3n) is 2.59. The Kier molecular flexibility index (Phi) is 4.73. The highest BCUT2D eigenvalue weighted by molar-refractivity contribution is 6.50. The van der Waals surface area contributed by atoms with Crippen molar-refractivity contribution in [3.63, 3.8) is 0 Å². The maximum Gasteiger partial charge on any atom is 0.336 e. The van der Waals surface area contributed by atoms with Crippen LogP contribution in [0.1, 0.15) is 10.4 Å². The fourth-order valence-electron chi connectivity index (χ4n) is 1.72. The van der Waals surface area contributed by atoms with E-state index in [2.05, 4.69) is 0 Å². The van der Waals surface area contributed by atoms with Gasteiger partial charge in [-0.1, -0.05) is 58.0 Å². The molecule has 104 valence electrons. The minimum atomic E-state index is -1.14. The number of halogens is 5. The number of hydrogen-bond donors (Lipinski definition) is 1. The first kappa shape index (κ1) is 15.7. The SMILES string of the molecule is O=C(O)c1ccc(Cl)cc1-c1c(Cl)c(Cl)cc(Cl)c1Cl. The van der Waals surface area contributed by atoms with Crippen LogP contribution in [0, 0.1) is 0 Å². The number of carboxylic acid groups (broad SMARTS) is 1. The number of carbonyl (C=O) groups is 1. The van der Waals surface area contributed by atoms with Gasteiger partial charge in [-0.2, -0.15) is 0 Å². The normalized spacial score (nSPS) is 10.7. The molecule has 0 saturated heterocycles. The van der Waals surface area contributed by atoms with Crippen molar-refractivity contribution in [2.45, 2.75) is 0 Å². The molecule has 0 fully saturated rings. The first-order chi connectivity index (χ1) is 9.32. The summed E-state index contributed by atoms with van der Waals surface area (Å²) in [5.41, 5.74) is 0.492. The number of benzene rings is 2. The molecular weight excluding hydrogens is 365 g/mol. The van der Waals surface area contributed by atoms with Gasteiger partial charge in [-0.05, 0) is 24.3 Å². The third kappa shape index (κ3) is 2.85. The van der Waals surface area contributed by atoms with E-state index in [0.717, 1.165) is 0 Å². The summed E-state index contributed by atoms with van der Waals surface area (Å²) in [5.74, 6) is -1.14. The van der Waals surface area contributed by atoms with Crippen molar-refractivity contribution in [3.8, 4) is 11.1 Å². The van der Waals surface area contributed by atoms with Crippen LogP contribution < -0.4 is 0 Å². The van der Waals surface area contributed by atoms with Crippen LogP contribution in [0.25, 0.3) is 11.1 Å². The standard InChI is InChI=1S/C13H5Cl5O2/c14-5-1-2-6(13(19)20)7(3-5)10-11(17)8(15)4-9(16)12(10)18/h1-4H,(H,19,20). The molecule has 0 amide bonds. The topological polar surface area (TPSA) is 37.3 Å². The first-order valence-corrected chi connectivity index (χ1v) is 7.08. The molecule has 0 aliphatic heterocycles. The molecule has 20 heavy (non-hydrogen) atoms. The van der Waals surface area contributed by atoms with Crippen LogP contribution in [0.5, 0.6) is 0 Å². The van der Waals surface area contributed by atoms with Crippen LogP contribution in [0.4, 0.5) is 0 Å². The van der Waals surface area contributed by atoms with Gasteiger partial charge in [0.1, 0.15) is 0 Å². The Labute approximate surface area is 139 Å². The molecule has 2 aromatic rings. The fourth-order valence-corrected chi connectivity index (χ4v) is 2.90. The molecule has 0 spiro atoms. The second-order valence-electron chi connectivity index (χ2n) is 3.84. The van der Waals surface area contributed by atoms with Crippen molar-refractivity contribution < 1.29 is 9.90 Å². The molecule has 2 rings (SSSR count). The molecule has 2 nitrogen and oxygen atoms in total.